The first-order valence-electron chi connectivity index (χ1n) is 7.43. The maximum absolute atomic E-state index is 9.17. The van der Waals surface area contributed by atoms with Gasteiger partial charge in [0, 0.05) is 31.0 Å². The summed E-state index contributed by atoms with van der Waals surface area (Å²) in [4.78, 5) is 2.22. The van der Waals surface area contributed by atoms with Gasteiger partial charge in [-0.15, -0.1) is 10.2 Å². The smallest absolute Gasteiger partial charge is 0.216 e. The predicted octanol–water partition coefficient (Wildman–Crippen LogP) is 1.02. The maximum Gasteiger partial charge on any atom is 0.216 e. The van der Waals surface area contributed by atoms with Gasteiger partial charge in [-0.1, -0.05) is 0 Å². The molecule has 0 atom stereocenters. The van der Waals surface area contributed by atoms with Crippen molar-refractivity contribution in [1.29, 1.82) is 5.26 Å². The molecule has 0 aliphatic carbocycles. The van der Waals surface area contributed by atoms with Crippen LogP contribution in [0.3, 0.4) is 0 Å². The number of morpholine rings is 1. The van der Waals surface area contributed by atoms with Crippen LogP contribution in [-0.2, 0) is 4.74 Å². The van der Waals surface area contributed by atoms with E-state index in [1.807, 2.05) is 24.3 Å². The molecule has 1 fully saturated rings. The fourth-order valence-electron chi connectivity index (χ4n) is 2.41. The van der Waals surface area contributed by atoms with Crippen molar-refractivity contribution in [1.82, 2.24) is 20.6 Å². The lowest BCUT2D eigenvalue weighted by Crippen LogP contribution is -2.36. The monoisotopic (exact) mass is 327 g/mol. The summed E-state index contributed by atoms with van der Waals surface area (Å²) in [6.07, 6.45) is 1.54. The molecule has 1 aliphatic heterocycles. The van der Waals surface area contributed by atoms with Crippen molar-refractivity contribution in [2.24, 2.45) is 0 Å². The van der Waals surface area contributed by atoms with Crippen LogP contribution < -0.4 is 15.0 Å². The molecule has 1 aliphatic rings. The fraction of sp³-hybridized carbons (Fsp3) is 0.333. The molecular formula is C15H17N7O2. The number of rotatable bonds is 5. The first-order valence-corrected chi connectivity index (χ1v) is 7.43. The van der Waals surface area contributed by atoms with Crippen LogP contribution in [0.25, 0.3) is 5.57 Å². The highest BCUT2D eigenvalue weighted by atomic mass is 16.5. The highest BCUT2D eigenvalue weighted by molar-refractivity contribution is 5.75. The van der Waals surface area contributed by atoms with Crippen molar-refractivity contribution in [3.63, 3.8) is 0 Å². The number of methoxy groups -OCH3 is 1. The zero-order chi connectivity index (χ0) is 16.8. The standard InChI is InChI=1S/C15H17N7O2/c1-23-14-8-12(2-3-13(14)22-4-6-24-7-5-22)17-10-11(9-16)15-18-20-21-19-15/h2-3,8,10,17H,4-7H2,1H3,(H,18,19,20,21). The molecule has 9 heteroatoms. The van der Waals surface area contributed by atoms with Crippen LogP contribution in [0.15, 0.2) is 24.4 Å². The molecule has 0 amide bonds. The van der Waals surface area contributed by atoms with Gasteiger partial charge in [0.15, 0.2) is 0 Å². The molecule has 1 saturated heterocycles. The number of benzene rings is 1. The average molecular weight is 327 g/mol. The molecule has 9 nitrogen and oxygen atoms in total. The SMILES string of the molecule is COc1cc(NC=C(C#N)c2nn[nH]n2)ccc1N1CCOCC1. The number of allylic oxidation sites excluding steroid dienone is 1. The zero-order valence-corrected chi connectivity index (χ0v) is 13.2. The predicted molar refractivity (Wildman–Crippen MR) is 87.4 cm³/mol. The van der Waals surface area contributed by atoms with Gasteiger partial charge < -0.3 is 19.7 Å². The van der Waals surface area contributed by atoms with Gasteiger partial charge >= 0.3 is 0 Å². The van der Waals surface area contributed by atoms with E-state index in [9.17, 15) is 0 Å². The lowest BCUT2D eigenvalue weighted by atomic mass is 10.2. The second kappa shape index (κ2) is 7.43. The molecule has 1 aromatic heterocycles. The minimum Gasteiger partial charge on any atom is -0.495 e. The van der Waals surface area contributed by atoms with Crippen molar-refractivity contribution in [2.45, 2.75) is 0 Å². The van der Waals surface area contributed by atoms with Gasteiger partial charge in [-0.25, -0.2) is 0 Å². The molecule has 2 heterocycles. The van der Waals surface area contributed by atoms with E-state index in [1.165, 1.54) is 6.20 Å². The molecule has 0 unspecified atom stereocenters. The van der Waals surface area contributed by atoms with E-state index in [4.69, 9.17) is 14.7 Å². The lowest BCUT2D eigenvalue weighted by molar-refractivity contribution is 0.122. The zero-order valence-electron chi connectivity index (χ0n) is 13.2. The molecule has 2 N–H and O–H groups in total. The highest BCUT2D eigenvalue weighted by Gasteiger charge is 2.15. The molecule has 0 bridgehead atoms. The molecular weight excluding hydrogens is 310 g/mol. The molecule has 0 saturated carbocycles. The number of nitriles is 1. The minimum absolute atomic E-state index is 0.238. The van der Waals surface area contributed by atoms with Crippen molar-refractivity contribution in [3.8, 4) is 11.8 Å². The average Bonchev–Trinajstić information content (AvgIpc) is 3.17. The third kappa shape index (κ3) is 3.44. The number of aromatic nitrogens is 4. The van der Waals surface area contributed by atoms with Gasteiger partial charge in [0.05, 0.1) is 26.0 Å². The Morgan fingerprint density at radius 1 is 1.46 bits per heavy atom. The molecule has 3 rings (SSSR count). The molecule has 0 spiro atoms. The number of nitrogens with zero attached hydrogens (tertiary/aromatic N) is 5. The van der Waals surface area contributed by atoms with Crippen LogP contribution >= 0.6 is 0 Å². The fourth-order valence-corrected chi connectivity index (χ4v) is 2.41. The Hall–Kier alpha value is -3.12. The first kappa shape index (κ1) is 15.8. The third-order valence-corrected chi connectivity index (χ3v) is 3.62. The van der Waals surface area contributed by atoms with Gasteiger partial charge in [0.1, 0.15) is 17.4 Å². The van der Waals surface area contributed by atoms with E-state index < -0.39 is 0 Å². The third-order valence-electron chi connectivity index (χ3n) is 3.62. The Balaban J connectivity index is 1.78. The van der Waals surface area contributed by atoms with Crippen molar-refractivity contribution >= 4 is 16.9 Å². The maximum atomic E-state index is 9.17. The normalized spacial score (nSPS) is 15.0. The lowest BCUT2D eigenvalue weighted by Gasteiger charge is -2.30. The number of H-pyrrole nitrogens is 1. The van der Waals surface area contributed by atoms with Gasteiger partial charge in [-0.3, -0.25) is 0 Å². The van der Waals surface area contributed by atoms with E-state index in [0.717, 1.165) is 30.2 Å². The Kier molecular flexibility index (Phi) is 4.88. The van der Waals surface area contributed by atoms with E-state index in [0.29, 0.717) is 13.2 Å². The Morgan fingerprint density at radius 2 is 2.29 bits per heavy atom. The van der Waals surface area contributed by atoms with Gasteiger partial charge in [-0.2, -0.15) is 10.5 Å². The molecule has 0 radical (unpaired) electrons. The summed E-state index contributed by atoms with van der Waals surface area (Å²) in [5, 5.41) is 25.6. The molecule has 124 valence electrons. The van der Waals surface area contributed by atoms with Crippen molar-refractivity contribution in [2.75, 3.05) is 43.6 Å². The number of hydrogen-bond donors (Lipinski definition) is 2. The largest absolute Gasteiger partial charge is 0.495 e. The molecule has 24 heavy (non-hydrogen) atoms. The summed E-state index contributed by atoms with van der Waals surface area (Å²) in [6, 6.07) is 7.82. The number of nitrogens with one attached hydrogen (secondary N) is 2. The van der Waals surface area contributed by atoms with Crippen LogP contribution in [-0.4, -0.2) is 54.0 Å². The molecule has 1 aromatic carbocycles. The summed E-state index contributed by atoms with van der Waals surface area (Å²) in [5.74, 6) is 0.996. The Labute approximate surface area is 138 Å². The number of ether oxygens (including phenoxy) is 2. The summed E-state index contributed by atoms with van der Waals surface area (Å²) < 4.78 is 10.9. The topological polar surface area (TPSA) is 112 Å². The molecule has 2 aromatic rings. The first-order chi connectivity index (χ1) is 11.8. The number of anilines is 2. The summed E-state index contributed by atoms with van der Waals surface area (Å²) in [5.41, 5.74) is 2.09. The van der Waals surface area contributed by atoms with Crippen LogP contribution in [0.5, 0.6) is 5.75 Å². The van der Waals surface area contributed by atoms with Crippen molar-refractivity contribution in [3.05, 3.63) is 30.2 Å². The Morgan fingerprint density at radius 3 is 2.96 bits per heavy atom. The van der Waals surface area contributed by atoms with E-state index in [1.54, 1.807) is 7.11 Å². The number of aromatic amines is 1. The highest BCUT2D eigenvalue weighted by Crippen LogP contribution is 2.31. The summed E-state index contributed by atoms with van der Waals surface area (Å²) in [6.45, 7) is 3.09. The van der Waals surface area contributed by atoms with E-state index in [2.05, 4.69) is 30.8 Å². The van der Waals surface area contributed by atoms with Crippen LogP contribution in [0.4, 0.5) is 11.4 Å². The Bertz CT molecular complexity index is 746. The van der Waals surface area contributed by atoms with Gasteiger partial charge in [0.2, 0.25) is 5.82 Å². The minimum atomic E-state index is 0.238. The van der Waals surface area contributed by atoms with Crippen LogP contribution in [0.2, 0.25) is 0 Å². The van der Waals surface area contributed by atoms with Gasteiger partial charge in [-0.05, 0) is 17.3 Å². The van der Waals surface area contributed by atoms with Crippen molar-refractivity contribution < 1.29 is 9.47 Å². The van der Waals surface area contributed by atoms with Gasteiger partial charge in [0.25, 0.3) is 0 Å². The quantitative estimate of drug-likeness (QED) is 0.783. The van der Waals surface area contributed by atoms with E-state index >= 15 is 0 Å². The summed E-state index contributed by atoms with van der Waals surface area (Å²) >= 11 is 0. The second-order valence-corrected chi connectivity index (χ2v) is 5.04. The van der Waals surface area contributed by atoms with Crippen LogP contribution in [0, 0.1) is 11.3 Å². The second-order valence-electron chi connectivity index (χ2n) is 5.04. The number of hydrogen-bond acceptors (Lipinski definition) is 8. The van der Waals surface area contributed by atoms with E-state index in [-0.39, 0.29) is 11.4 Å². The number of tetrazole rings is 1. The summed E-state index contributed by atoms with van der Waals surface area (Å²) in [7, 11) is 1.64. The van der Waals surface area contributed by atoms with Crippen LogP contribution in [0.1, 0.15) is 5.82 Å².